The monoisotopic (exact) mass is 355 g/mol. The van der Waals surface area contributed by atoms with Crippen LogP contribution in [0, 0.1) is 13.8 Å². The van der Waals surface area contributed by atoms with Gasteiger partial charge < -0.3 is 4.90 Å². The average molecular weight is 355 g/mol. The highest BCUT2D eigenvalue weighted by Gasteiger charge is 2.26. The number of sulfonamides is 1. The van der Waals surface area contributed by atoms with Crippen LogP contribution in [-0.4, -0.2) is 29.7 Å². The lowest BCUT2D eigenvalue weighted by molar-refractivity contribution is 0.595. The molecule has 2 aromatic heterocycles. The van der Waals surface area contributed by atoms with Gasteiger partial charge in [-0.3, -0.25) is 4.68 Å². The van der Waals surface area contributed by atoms with E-state index in [-0.39, 0.29) is 4.90 Å². The maximum atomic E-state index is 11.9. The molecule has 7 nitrogen and oxygen atoms in total. The summed E-state index contributed by atoms with van der Waals surface area (Å²) in [5.74, 6) is 0. The first-order valence-corrected chi connectivity index (χ1v) is 9.90. The number of aromatic nitrogens is 3. The molecule has 0 saturated carbocycles. The molecular weight excluding hydrogens is 334 g/mol. The number of anilines is 1. The third kappa shape index (κ3) is 3.13. The second kappa shape index (κ2) is 5.88. The maximum Gasteiger partial charge on any atom is 0.241 e. The van der Waals surface area contributed by atoms with E-state index < -0.39 is 10.0 Å². The van der Waals surface area contributed by atoms with E-state index in [1.54, 1.807) is 30.0 Å². The van der Waals surface area contributed by atoms with Crippen molar-refractivity contribution in [1.29, 1.82) is 0 Å². The van der Waals surface area contributed by atoms with Gasteiger partial charge >= 0.3 is 0 Å². The molecule has 1 aliphatic heterocycles. The van der Waals surface area contributed by atoms with Crippen LogP contribution in [0.3, 0.4) is 0 Å². The summed E-state index contributed by atoms with van der Waals surface area (Å²) in [7, 11) is -2.06. The molecule has 2 aromatic rings. The zero-order valence-corrected chi connectivity index (χ0v) is 15.2. The van der Waals surface area contributed by atoms with Crippen molar-refractivity contribution in [3.05, 3.63) is 22.1 Å². The Balaban J connectivity index is 2.01. The van der Waals surface area contributed by atoms with Gasteiger partial charge in [0.15, 0.2) is 0 Å². The largest absolute Gasteiger partial charge is 0.356 e. The molecule has 126 valence electrons. The Hall–Kier alpha value is -1.45. The summed E-state index contributed by atoms with van der Waals surface area (Å²) < 4.78 is 25.5. The fourth-order valence-corrected chi connectivity index (χ4v) is 4.99. The van der Waals surface area contributed by atoms with E-state index in [4.69, 9.17) is 5.14 Å². The maximum absolute atomic E-state index is 11.9. The van der Waals surface area contributed by atoms with Gasteiger partial charge in [0.25, 0.3) is 0 Å². The van der Waals surface area contributed by atoms with Crippen LogP contribution in [0.15, 0.2) is 4.90 Å². The number of hydrogen-bond acceptors (Lipinski definition) is 6. The Kier molecular flexibility index (Phi) is 4.19. The number of rotatable bonds is 3. The summed E-state index contributed by atoms with van der Waals surface area (Å²) in [4.78, 5) is 6.93. The third-order valence-electron chi connectivity index (χ3n) is 4.13. The topological polar surface area (TPSA) is 94.1 Å². The number of hydrogen-bond donors (Lipinski definition) is 1. The van der Waals surface area contributed by atoms with E-state index in [0.717, 1.165) is 41.5 Å². The van der Waals surface area contributed by atoms with Crippen LogP contribution in [0.1, 0.15) is 34.9 Å². The van der Waals surface area contributed by atoms with E-state index in [1.165, 1.54) is 0 Å². The summed E-state index contributed by atoms with van der Waals surface area (Å²) in [5.41, 5.74) is 2.18. The van der Waals surface area contributed by atoms with Crippen molar-refractivity contribution < 1.29 is 8.42 Å². The average Bonchev–Trinajstić information content (AvgIpc) is 2.87. The summed E-state index contributed by atoms with van der Waals surface area (Å²) >= 11 is 1.65. The van der Waals surface area contributed by atoms with Crippen molar-refractivity contribution >= 4 is 26.4 Å². The van der Waals surface area contributed by atoms with Gasteiger partial charge in [-0.25, -0.2) is 18.5 Å². The molecule has 0 aromatic carbocycles. The molecule has 0 fully saturated rings. The van der Waals surface area contributed by atoms with Gasteiger partial charge in [-0.2, -0.15) is 5.10 Å². The second-order valence-electron chi connectivity index (χ2n) is 5.89. The first-order chi connectivity index (χ1) is 10.8. The molecule has 23 heavy (non-hydrogen) atoms. The molecule has 0 saturated heterocycles. The molecule has 9 heteroatoms. The Labute approximate surface area is 140 Å². The van der Waals surface area contributed by atoms with E-state index in [1.807, 2.05) is 6.92 Å². The van der Waals surface area contributed by atoms with Gasteiger partial charge in [-0.15, -0.1) is 11.3 Å². The van der Waals surface area contributed by atoms with Crippen LogP contribution in [0.25, 0.3) is 0 Å². The fraction of sp³-hybridized carbons (Fsp3) is 0.571. The van der Waals surface area contributed by atoms with E-state index in [2.05, 4.69) is 15.0 Å². The van der Waals surface area contributed by atoms with Crippen molar-refractivity contribution in [1.82, 2.24) is 14.8 Å². The van der Waals surface area contributed by atoms with Crippen LogP contribution >= 0.6 is 11.3 Å². The second-order valence-corrected chi connectivity index (χ2v) is 8.57. The Morgan fingerprint density at radius 1 is 1.30 bits per heavy atom. The SMILES string of the molecule is Cc1nc2c(s1)N(Cc1nn(C)c(C)c1S(N)(=O)=O)CCCC2. The Morgan fingerprint density at radius 3 is 2.74 bits per heavy atom. The molecule has 3 heterocycles. The lowest BCUT2D eigenvalue weighted by Gasteiger charge is -2.21. The number of aryl methyl sites for hydroxylation is 3. The van der Waals surface area contributed by atoms with E-state index in [0.29, 0.717) is 17.9 Å². The Bertz CT molecular complexity index is 838. The van der Waals surface area contributed by atoms with Gasteiger partial charge in [0.05, 0.1) is 22.9 Å². The fourth-order valence-electron chi connectivity index (χ4n) is 3.03. The van der Waals surface area contributed by atoms with Gasteiger partial charge in [0.1, 0.15) is 15.6 Å². The van der Waals surface area contributed by atoms with Crippen LogP contribution in [0.2, 0.25) is 0 Å². The predicted molar refractivity (Wildman–Crippen MR) is 90.2 cm³/mol. The van der Waals surface area contributed by atoms with Crippen LogP contribution < -0.4 is 10.0 Å². The molecule has 0 bridgehead atoms. The molecule has 0 spiro atoms. The minimum absolute atomic E-state index is 0.145. The number of fused-ring (bicyclic) bond motifs is 1. The van der Waals surface area contributed by atoms with Crippen molar-refractivity contribution in [2.75, 3.05) is 11.4 Å². The van der Waals surface area contributed by atoms with Crippen molar-refractivity contribution in [2.45, 2.75) is 44.6 Å². The lowest BCUT2D eigenvalue weighted by atomic mass is 10.2. The number of nitrogens with two attached hydrogens (primary N) is 1. The van der Waals surface area contributed by atoms with E-state index in [9.17, 15) is 8.42 Å². The predicted octanol–water partition coefficient (Wildman–Crippen LogP) is 1.48. The molecule has 3 rings (SSSR count). The smallest absolute Gasteiger partial charge is 0.241 e. The normalized spacial score (nSPS) is 15.6. The highest BCUT2D eigenvalue weighted by atomic mass is 32.2. The quantitative estimate of drug-likeness (QED) is 0.900. The molecule has 1 aliphatic rings. The summed E-state index contributed by atoms with van der Waals surface area (Å²) in [6.45, 7) is 5.02. The molecule has 0 unspecified atom stereocenters. The zero-order chi connectivity index (χ0) is 16.8. The number of nitrogens with zero attached hydrogens (tertiary/aromatic N) is 4. The van der Waals surface area contributed by atoms with Crippen molar-refractivity contribution in [3.8, 4) is 0 Å². The van der Waals surface area contributed by atoms with E-state index >= 15 is 0 Å². The van der Waals surface area contributed by atoms with Crippen LogP contribution in [0.5, 0.6) is 0 Å². The summed E-state index contributed by atoms with van der Waals surface area (Å²) in [6, 6.07) is 0. The highest BCUT2D eigenvalue weighted by Crippen LogP contribution is 2.34. The minimum Gasteiger partial charge on any atom is -0.356 e. The highest BCUT2D eigenvalue weighted by molar-refractivity contribution is 7.89. The molecule has 0 atom stereocenters. The van der Waals surface area contributed by atoms with Crippen LogP contribution in [-0.2, 0) is 30.0 Å². The third-order valence-corrected chi connectivity index (χ3v) is 6.31. The molecule has 0 radical (unpaired) electrons. The summed E-state index contributed by atoms with van der Waals surface area (Å²) in [5, 5.41) is 11.9. The van der Waals surface area contributed by atoms with Crippen LogP contribution in [0.4, 0.5) is 5.00 Å². The lowest BCUT2D eigenvalue weighted by Crippen LogP contribution is -2.25. The van der Waals surface area contributed by atoms with Gasteiger partial charge in [-0.05, 0) is 33.1 Å². The first-order valence-electron chi connectivity index (χ1n) is 7.54. The molecule has 0 amide bonds. The van der Waals surface area contributed by atoms with Crippen molar-refractivity contribution in [2.24, 2.45) is 12.2 Å². The molecular formula is C14H21N5O2S2. The standard InChI is InChI=1S/C14H21N5O2S2/c1-9-13(23(15,20)21)12(17-18(9)3)8-19-7-5-4-6-11-14(19)22-10(2)16-11/h4-8H2,1-3H3,(H2,15,20,21). The zero-order valence-electron chi connectivity index (χ0n) is 13.5. The Morgan fingerprint density at radius 2 is 2.04 bits per heavy atom. The number of thiazole rings is 1. The minimum atomic E-state index is -3.80. The van der Waals surface area contributed by atoms with Gasteiger partial charge in [0.2, 0.25) is 10.0 Å². The van der Waals surface area contributed by atoms with Gasteiger partial charge in [0, 0.05) is 13.6 Å². The first kappa shape index (κ1) is 16.4. The van der Waals surface area contributed by atoms with Crippen molar-refractivity contribution in [3.63, 3.8) is 0 Å². The summed E-state index contributed by atoms with van der Waals surface area (Å²) in [6.07, 6.45) is 3.12. The van der Waals surface area contributed by atoms with Gasteiger partial charge in [-0.1, -0.05) is 0 Å². The number of primary sulfonamides is 1. The molecule has 0 aliphatic carbocycles. The molecule has 2 N–H and O–H groups in total.